The molecule has 4 nitrogen and oxygen atoms in total. The number of halogens is 1. The third kappa shape index (κ3) is 3.74. The number of nitrogens with zero attached hydrogens (tertiary/aromatic N) is 1. The Bertz CT molecular complexity index is 803. The smallest absolute Gasteiger partial charge is 0.243 e. The van der Waals surface area contributed by atoms with Crippen LogP contribution in [0.25, 0.3) is 0 Å². The maximum atomic E-state index is 12.6. The Morgan fingerprint density at radius 1 is 1.14 bits per heavy atom. The Kier molecular flexibility index (Phi) is 5.01. The second-order valence-electron chi connectivity index (χ2n) is 4.98. The maximum Gasteiger partial charge on any atom is 0.243 e. The molecule has 0 saturated carbocycles. The first-order chi connectivity index (χ1) is 10.3. The van der Waals surface area contributed by atoms with Gasteiger partial charge in [-0.25, -0.2) is 8.42 Å². The zero-order valence-corrected chi connectivity index (χ0v) is 13.9. The molecule has 0 aliphatic carbocycles. The van der Waals surface area contributed by atoms with E-state index in [1.807, 2.05) is 6.07 Å². The average molecular weight is 338 g/mol. The molecule has 0 aliphatic rings. The Hall–Kier alpha value is -1.69. The van der Waals surface area contributed by atoms with Gasteiger partial charge in [0.15, 0.2) is 5.78 Å². The molecule has 0 fully saturated rings. The summed E-state index contributed by atoms with van der Waals surface area (Å²) in [4.78, 5) is 11.5. The minimum Gasteiger partial charge on any atom is -0.295 e. The lowest BCUT2D eigenvalue weighted by molar-refractivity contribution is 0.101. The molecule has 116 valence electrons. The lowest BCUT2D eigenvalue weighted by Gasteiger charge is -2.17. The number of Topliss-reactive ketones (excluding diaryl/α,β-unsaturated/α-hetero) is 1. The van der Waals surface area contributed by atoms with Crippen molar-refractivity contribution in [1.82, 2.24) is 4.31 Å². The molecule has 0 N–H and O–H groups in total. The number of ketones is 1. The second-order valence-corrected chi connectivity index (χ2v) is 7.46. The molecular formula is C16H16ClNO3S. The fraction of sp³-hybridized carbons (Fsp3) is 0.188. The van der Waals surface area contributed by atoms with Crippen molar-refractivity contribution in [2.45, 2.75) is 18.4 Å². The van der Waals surface area contributed by atoms with Gasteiger partial charge in [-0.2, -0.15) is 4.31 Å². The van der Waals surface area contributed by atoms with Gasteiger partial charge in [0.25, 0.3) is 0 Å². The molecule has 0 amide bonds. The standard InChI is InChI=1S/C16H16ClNO3S/c1-12(19)14-6-4-8-16(10-14)22(20,21)18(2)11-13-5-3-7-15(17)9-13/h3-10H,11H2,1-2H3. The summed E-state index contributed by atoms with van der Waals surface area (Å²) >= 11 is 5.91. The first kappa shape index (κ1) is 16.7. The highest BCUT2D eigenvalue weighted by molar-refractivity contribution is 7.89. The van der Waals surface area contributed by atoms with Gasteiger partial charge >= 0.3 is 0 Å². The monoisotopic (exact) mass is 337 g/mol. The number of rotatable bonds is 5. The highest BCUT2D eigenvalue weighted by atomic mass is 35.5. The summed E-state index contributed by atoms with van der Waals surface area (Å²) in [5.74, 6) is -0.172. The summed E-state index contributed by atoms with van der Waals surface area (Å²) in [7, 11) is -2.17. The van der Waals surface area contributed by atoms with Gasteiger partial charge in [0.1, 0.15) is 0 Å². The lowest BCUT2D eigenvalue weighted by Crippen LogP contribution is -2.26. The van der Waals surface area contributed by atoms with E-state index in [0.29, 0.717) is 10.6 Å². The van der Waals surface area contributed by atoms with Crippen LogP contribution < -0.4 is 0 Å². The Morgan fingerprint density at radius 3 is 2.45 bits per heavy atom. The number of hydrogen-bond donors (Lipinski definition) is 0. The molecule has 0 aromatic heterocycles. The van der Waals surface area contributed by atoms with Crippen molar-refractivity contribution in [3.8, 4) is 0 Å². The average Bonchev–Trinajstić information content (AvgIpc) is 2.47. The van der Waals surface area contributed by atoms with E-state index in [9.17, 15) is 13.2 Å². The Labute approximate surface area is 135 Å². The number of sulfonamides is 1. The van der Waals surface area contributed by atoms with Crippen molar-refractivity contribution in [3.63, 3.8) is 0 Å². The van der Waals surface area contributed by atoms with E-state index >= 15 is 0 Å². The molecular weight excluding hydrogens is 322 g/mol. The van der Waals surface area contributed by atoms with Gasteiger partial charge in [0, 0.05) is 24.2 Å². The molecule has 0 atom stereocenters. The predicted molar refractivity (Wildman–Crippen MR) is 86.6 cm³/mol. The van der Waals surface area contributed by atoms with Crippen molar-refractivity contribution in [1.29, 1.82) is 0 Å². The Morgan fingerprint density at radius 2 is 1.82 bits per heavy atom. The van der Waals surface area contributed by atoms with Crippen LogP contribution in [0.15, 0.2) is 53.4 Å². The van der Waals surface area contributed by atoms with Gasteiger partial charge < -0.3 is 0 Å². The Balaban J connectivity index is 2.29. The van der Waals surface area contributed by atoms with E-state index in [2.05, 4.69) is 0 Å². The summed E-state index contributed by atoms with van der Waals surface area (Å²) in [5, 5.41) is 0.557. The zero-order chi connectivity index (χ0) is 16.3. The number of carbonyl (C=O) groups excluding carboxylic acids is 1. The van der Waals surface area contributed by atoms with Gasteiger partial charge in [-0.15, -0.1) is 0 Å². The zero-order valence-electron chi connectivity index (χ0n) is 12.3. The molecule has 0 saturated heterocycles. The van der Waals surface area contributed by atoms with Gasteiger partial charge in [-0.1, -0.05) is 35.9 Å². The largest absolute Gasteiger partial charge is 0.295 e. The van der Waals surface area contributed by atoms with Gasteiger partial charge in [-0.05, 0) is 36.8 Å². The molecule has 0 heterocycles. The molecule has 22 heavy (non-hydrogen) atoms. The van der Waals surface area contributed by atoms with Crippen LogP contribution in [-0.2, 0) is 16.6 Å². The lowest BCUT2D eigenvalue weighted by atomic mass is 10.2. The van der Waals surface area contributed by atoms with Crippen LogP contribution in [0, 0.1) is 0 Å². The molecule has 2 rings (SSSR count). The second kappa shape index (κ2) is 6.60. The van der Waals surface area contributed by atoms with Crippen LogP contribution >= 0.6 is 11.6 Å². The number of carbonyl (C=O) groups is 1. The summed E-state index contributed by atoms with van der Waals surface area (Å²) < 4.78 is 26.4. The van der Waals surface area contributed by atoms with E-state index in [4.69, 9.17) is 11.6 Å². The number of hydrogen-bond acceptors (Lipinski definition) is 3. The summed E-state index contributed by atoms with van der Waals surface area (Å²) in [6, 6.07) is 13.1. The predicted octanol–water partition coefficient (Wildman–Crippen LogP) is 3.36. The van der Waals surface area contributed by atoms with Crippen LogP contribution in [0.5, 0.6) is 0 Å². The topological polar surface area (TPSA) is 54.5 Å². The van der Waals surface area contributed by atoms with Crippen molar-refractivity contribution in [3.05, 3.63) is 64.7 Å². The summed E-state index contributed by atoms with van der Waals surface area (Å²) in [6.45, 7) is 1.61. The third-order valence-electron chi connectivity index (χ3n) is 3.24. The van der Waals surface area contributed by atoms with Crippen LogP contribution in [0.1, 0.15) is 22.8 Å². The maximum absolute atomic E-state index is 12.6. The molecule has 0 aliphatic heterocycles. The van der Waals surface area contributed by atoms with E-state index in [-0.39, 0.29) is 17.2 Å². The molecule has 0 unspecified atom stereocenters. The highest BCUT2D eigenvalue weighted by Crippen LogP contribution is 2.19. The fourth-order valence-corrected chi connectivity index (χ4v) is 3.45. The quantitative estimate of drug-likeness (QED) is 0.786. The third-order valence-corrected chi connectivity index (χ3v) is 5.28. The van der Waals surface area contributed by atoms with E-state index in [1.165, 1.54) is 30.4 Å². The van der Waals surface area contributed by atoms with E-state index < -0.39 is 10.0 Å². The van der Waals surface area contributed by atoms with Crippen LogP contribution in [0.4, 0.5) is 0 Å². The minimum absolute atomic E-state index is 0.102. The van der Waals surface area contributed by atoms with Crippen molar-refractivity contribution >= 4 is 27.4 Å². The van der Waals surface area contributed by atoms with Crippen molar-refractivity contribution in [2.24, 2.45) is 0 Å². The highest BCUT2D eigenvalue weighted by Gasteiger charge is 2.21. The van der Waals surface area contributed by atoms with Crippen molar-refractivity contribution < 1.29 is 13.2 Å². The normalized spacial score (nSPS) is 11.6. The minimum atomic E-state index is -3.67. The summed E-state index contributed by atoms with van der Waals surface area (Å²) in [6.07, 6.45) is 0. The first-order valence-electron chi connectivity index (χ1n) is 6.62. The molecule has 2 aromatic carbocycles. The van der Waals surface area contributed by atoms with E-state index in [1.54, 1.807) is 30.3 Å². The molecule has 0 radical (unpaired) electrons. The number of benzene rings is 2. The fourth-order valence-electron chi connectivity index (χ4n) is 2.03. The molecule has 0 bridgehead atoms. The van der Waals surface area contributed by atoms with Crippen molar-refractivity contribution in [2.75, 3.05) is 7.05 Å². The van der Waals surface area contributed by atoms with Crippen LogP contribution in [0.3, 0.4) is 0 Å². The van der Waals surface area contributed by atoms with Gasteiger partial charge in [-0.3, -0.25) is 4.79 Å². The SMILES string of the molecule is CC(=O)c1cccc(S(=O)(=O)N(C)Cc2cccc(Cl)c2)c1. The molecule has 2 aromatic rings. The van der Waals surface area contributed by atoms with E-state index in [0.717, 1.165) is 5.56 Å². The van der Waals surface area contributed by atoms with Gasteiger partial charge in [0.05, 0.1) is 4.90 Å². The molecule has 6 heteroatoms. The molecule has 0 spiro atoms. The van der Waals surface area contributed by atoms with Crippen LogP contribution in [0.2, 0.25) is 5.02 Å². The van der Waals surface area contributed by atoms with Crippen LogP contribution in [-0.4, -0.2) is 25.6 Å². The summed E-state index contributed by atoms with van der Waals surface area (Å²) in [5.41, 5.74) is 1.17. The first-order valence-corrected chi connectivity index (χ1v) is 8.44. The van der Waals surface area contributed by atoms with Gasteiger partial charge in [0.2, 0.25) is 10.0 Å².